The van der Waals surface area contributed by atoms with E-state index in [1.54, 1.807) is 6.92 Å². The zero-order valence-electron chi connectivity index (χ0n) is 17.2. The molecule has 0 aliphatic carbocycles. The first-order chi connectivity index (χ1) is 12.7. The first-order valence-electron chi connectivity index (χ1n) is 10.8. The van der Waals surface area contributed by atoms with Crippen molar-refractivity contribution in [1.82, 2.24) is 5.32 Å². The summed E-state index contributed by atoms with van der Waals surface area (Å²) in [4.78, 5) is 22.4. The molecule has 0 heterocycles. The van der Waals surface area contributed by atoms with Crippen molar-refractivity contribution in [2.24, 2.45) is 0 Å². The van der Waals surface area contributed by atoms with Crippen LogP contribution < -0.4 is 5.32 Å². The molecule has 0 unspecified atom stereocenters. The van der Waals surface area contributed by atoms with Gasteiger partial charge in [-0.25, -0.2) is 4.79 Å². The van der Waals surface area contributed by atoms with Gasteiger partial charge >= 0.3 is 12.1 Å². The lowest BCUT2D eigenvalue weighted by atomic mass is 10.0. The van der Waals surface area contributed by atoms with Gasteiger partial charge in [-0.3, -0.25) is 4.79 Å². The predicted molar refractivity (Wildman–Crippen MR) is 106 cm³/mol. The van der Waals surface area contributed by atoms with Gasteiger partial charge in [0.25, 0.3) is 0 Å². The van der Waals surface area contributed by atoms with E-state index in [4.69, 9.17) is 4.74 Å². The van der Waals surface area contributed by atoms with Crippen LogP contribution in [-0.4, -0.2) is 31.8 Å². The summed E-state index contributed by atoms with van der Waals surface area (Å²) < 4.78 is 9.73. The lowest BCUT2D eigenvalue weighted by Gasteiger charge is -2.06. The number of ether oxygens (including phenoxy) is 2. The third-order valence-electron chi connectivity index (χ3n) is 4.41. The van der Waals surface area contributed by atoms with Crippen LogP contribution in [-0.2, 0) is 14.3 Å². The molecule has 0 fully saturated rings. The number of carbonyl (C=O) groups excluding carboxylic acids is 2. The van der Waals surface area contributed by atoms with E-state index in [9.17, 15) is 9.59 Å². The standard InChI is InChI=1S/C21H41NO4/c1-3-5-6-7-8-9-10-11-12-13-14-15-16-17-18-26-20(23)19-22-21(24)25-4-2/h3-19H2,1-2H3,(H,22,24). The Hall–Kier alpha value is -1.26. The lowest BCUT2D eigenvalue weighted by Crippen LogP contribution is -2.31. The van der Waals surface area contributed by atoms with Gasteiger partial charge in [-0.1, -0.05) is 90.4 Å². The molecule has 0 atom stereocenters. The van der Waals surface area contributed by atoms with Gasteiger partial charge in [0.1, 0.15) is 6.54 Å². The molecule has 0 saturated carbocycles. The van der Waals surface area contributed by atoms with Gasteiger partial charge in [0.2, 0.25) is 0 Å². The number of rotatable bonds is 18. The monoisotopic (exact) mass is 371 g/mol. The highest BCUT2D eigenvalue weighted by Gasteiger charge is 2.06. The smallest absolute Gasteiger partial charge is 0.407 e. The minimum Gasteiger partial charge on any atom is -0.464 e. The fourth-order valence-electron chi connectivity index (χ4n) is 2.86. The van der Waals surface area contributed by atoms with Crippen molar-refractivity contribution in [3.05, 3.63) is 0 Å². The van der Waals surface area contributed by atoms with E-state index in [-0.39, 0.29) is 6.54 Å². The lowest BCUT2D eigenvalue weighted by molar-refractivity contribution is -0.142. The van der Waals surface area contributed by atoms with E-state index in [1.807, 2.05) is 0 Å². The minimum atomic E-state index is -0.582. The largest absolute Gasteiger partial charge is 0.464 e. The maximum absolute atomic E-state index is 11.4. The van der Waals surface area contributed by atoms with Crippen molar-refractivity contribution in [2.75, 3.05) is 19.8 Å². The van der Waals surface area contributed by atoms with Crippen molar-refractivity contribution in [3.63, 3.8) is 0 Å². The van der Waals surface area contributed by atoms with E-state index in [2.05, 4.69) is 17.0 Å². The highest BCUT2D eigenvalue weighted by atomic mass is 16.6. The van der Waals surface area contributed by atoms with Crippen LogP contribution in [0, 0.1) is 0 Å². The van der Waals surface area contributed by atoms with Crippen molar-refractivity contribution in [1.29, 1.82) is 0 Å². The molecule has 1 amide bonds. The van der Waals surface area contributed by atoms with E-state index < -0.39 is 12.1 Å². The van der Waals surface area contributed by atoms with Crippen LogP contribution in [0.5, 0.6) is 0 Å². The minimum absolute atomic E-state index is 0.128. The summed E-state index contributed by atoms with van der Waals surface area (Å²) in [5, 5.41) is 2.35. The van der Waals surface area contributed by atoms with E-state index in [0.29, 0.717) is 13.2 Å². The zero-order chi connectivity index (χ0) is 19.3. The summed E-state index contributed by atoms with van der Waals surface area (Å²) in [6.07, 6.45) is 17.7. The van der Waals surface area contributed by atoms with Crippen molar-refractivity contribution >= 4 is 12.1 Å². The second-order valence-electron chi connectivity index (χ2n) is 6.89. The number of esters is 1. The molecule has 0 spiro atoms. The Bertz CT molecular complexity index is 334. The number of hydrogen-bond acceptors (Lipinski definition) is 4. The summed E-state index contributed by atoms with van der Waals surface area (Å²) in [7, 11) is 0. The molecule has 1 N–H and O–H groups in total. The predicted octanol–water partition coefficient (Wildman–Crippen LogP) is 5.76. The van der Waals surface area contributed by atoms with Crippen molar-refractivity contribution in [2.45, 2.75) is 104 Å². The van der Waals surface area contributed by atoms with Crippen LogP contribution in [0.1, 0.15) is 104 Å². The van der Waals surface area contributed by atoms with Crippen molar-refractivity contribution in [3.8, 4) is 0 Å². The molecule has 0 aromatic rings. The quantitative estimate of drug-likeness (QED) is 0.246. The SMILES string of the molecule is CCCCCCCCCCCCCCCCOC(=O)CNC(=O)OCC. The van der Waals surface area contributed by atoms with Crippen molar-refractivity contribution < 1.29 is 19.1 Å². The van der Waals surface area contributed by atoms with Crippen LogP contribution in [0.2, 0.25) is 0 Å². The second kappa shape index (κ2) is 20.1. The Morgan fingerprint density at radius 3 is 1.58 bits per heavy atom. The first kappa shape index (κ1) is 24.7. The van der Waals surface area contributed by atoms with E-state index in [0.717, 1.165) is 12.8 Å². The summed E-state index contributed by atoms with van der Waals surface area (Å²) in [6, 6.07) is 0. The van der Waals surface area contributed by atoms with Crippen LogP contribution in [0.4, 0.5) is 4.79 Å². The first-order valence-corrected chi connectivity index (χ1v) is 10.8. The summed E-state index contributed by atoms with van der Waals surface area (Å²) >= 11 is 0. The number of unbranched alkanes of at least 4 members (excludes halogenated alkanes) is 13. The molecule has 0 aliphatic rings. The van der Waals surface area contributed by atoms with Gasteiger partial charge < -0.3 is 14.8 Å². The molecule has 5 heteroatoms. The Labute approximate surface area is 160 Å². The van der Waals surface area contributed by atoms with Gasteiger partial charge in [0, 0.05) is 0 Å². The molecule has 0 saturated heterocycles. The molecule has 0 aromatic heterocycles. The summed E-state index contributed by atoms with van der Waals surface area (Å²) in [5.74, 6) is -0.409. The van der Waals surface area contributed by atoms with Crippen LogP contribution in [0.3, 0.4) is 0 Å². The Morgan fingerprint density at radius 1 is 0.654 bits per heavy atom. The van der Waals surface area contributed by atoms with E-state index >= 15 is 0 Å². The Kier molecular flexibility index (Phi) is 19.1. The third kappa shape index (κ3) is 19.1. The molecule has 154 valence electrons. The zero-order valence-corrected chi connectivity index (χ0v) is 17.2. The fourth-order valence-corrected chi connectivity index (χ4v) is 2.86. The fraction of sp³-hybridized carbons (Fsp3) is 0.905. The number of hydrogen-bond donors (Lipinski definition) is 1. The molecule has 0 radical (unpaired) electrons. The van der Waals surface area contributed by atoms with Gasteiger partial charge in [0.05, 0.1) is 13.2 Å². The highest BCUT2D eigenvalue weighted by molar-refractivity contribution is 5.77. The van der Waals surface area contributed by atoms with Crippen LogP contribution >= 0.6 is 0 Å². The van der Waals surface area contributed by atoms with E-state index in [1.165, 1.54) is 77.0 Å². The number of amides is 1. The summed E-state index contributed by atoms with van der Waals surface area (Å²) in [5.41, 5.74) is 0. The number of alkyl carbamates (subject to hydrolysis) is 1. The molecule has 0 rings (SSSR count). The molecular weight excluding hydrogens is 330 g/mol. The highest BCUT2D eigenvalue weighted by Crippen LogP contribution is 2.12. The van der Waals surface area contributed by atoms with Crippen LogP contribution in [0.25, 0.3) is 0 Å². The average molecular weight is 372 g/mol. The molecular formula is C21H41NO4. The molecule has 26 heavy (non-hydrogen) atoms. The summed E-state index contributed by atoms with van der Waals surface area (Å²) in [6.45, 7) is 4.57. The topological polar surface area (TPSA) is 64.6 Å². The van der Waals surface area contributed by atoms with Gasteiger partial charge in [-0.15, -0.1) is 0 Å². The molecule has 5 nitrogen and oxygen atoms in total. The normalized spacial score (nSPS) is 10.5. The second-order valence-corrected chi connectivity index (χ2v) is 6.89. The van der Waals surface area contributed by atoms with Gasteiger partial charge in [-0.2, -0.15) is 0 Å². The average Bonchev–Trinajstić information content (AvgIpc) is 2.63. The number of nitrogens with one attached hydrogen (secondary N) is 1. The van der Waals surface area contributed by atoms with Gasteiger partial charge in [0.15, 0.2) is 0 Å². The van der Waals surface area contributed by atoms with Gasteiger partial charge in [-0.05, 0) is 13.3 Å². The number of carbonyl (C=O) groups is 2. The molecule has 0 aliphatic heterocycles. The Balaban J connectivity index is 3.17. The Morgan fingerprint density at radius 2 is 1.12 bits per heavy atom. The van der Waals surface area contributed by atoms with Crippen LogP contribution in [0.15, 0.2) is 0 Å². The molecule has 0 aromatic carbocycles. The maximum atomic E-state index is 11.4. The maximum Gasteiger partial charge on any atom is 0.407 e. The third-order valence-corrected chi connectivity index (χ3v) is 4.41. The molecule has 0 bridgehead atoms.